The van der Waals surface area contributed by atoms with Gasteiger partial charge in [-0.15, -0.1) is 0 Å². The Labute approximate surface area is 165 Å². The molecule has 1 heterocycles. The molecule has 148 valence electrons. The fraction of sp³-hybridized carbons (Fsp3) is 0.364. The summed E-state index contributed by atoms with van der Waals surface area (Å²) in [6.07, 6.45) is 1.58. The first kappa shape index (κ1) is 19.9. The zero-order valence-corrected chi connectivity index (χ0v) is 16.2. The van der Waals surface area contributed by atoms with Crippen molar-refractivity contribution < 1.29 is 9.18 Å². The molecule has 1 aliphatic heterocycles. The van der Waals surface area contributed by atoms with Gasteiger partial charge in [0.25, 0.3) is 0 Å². The van der Waals surface area contributed by atoms with Gasteiger partial charge in [-0.3, -0.25) is 4.79 Å². The second kappa shape index (κ2) is 9.88. The van der Waals surface area contributed by atoms with E-state index in [2.05, 4.69) is 27.8 Å². The summed E-state index contributed by atoms with van der Waals surface area (Å²) in [4.78, 5) is 18.3. The van der Waals surface area contributed by atoms with Crippen LogP contribution in [0.4, 0.5) is 4.39 Å². The van der Waals surface area contributed by atoms with Gasteiger partial charge in [0.15, 0.2) is 5.96 Å². The van der Waals surface area contributed by atoms with Crippen molar-refractivity contribution in [2.75, 3.05) is 13.1 Å². The van der Waals surface area contributed by atoms with E-state index in [-0.39, 0.29) is 18.3 Å². The maximum absolute atomic E-state index is 13.8. The molecule has 0 atom stereocenters. The number of carbonyl (C=O) groups excluding carboxylic acids is 1. The summed E-state index contributed by atoms with van der Waals surface area (Å²) in [6.45, 7) is 5.03. The number of guanidine groups is 1. The van der Waals surface area contributed by atoms with E-state index in [9.17, 15) is 9.18 Å². The molecule has 0 unspecified atom stereocenters. The Balaban J connectivity index is 1.66. The van der Waals surface area contributed by atoms with Gasteiger partial charge in [-0.25, -0.2) is 9.38 Å². The molecule has 1 aliphatic rings. The maximum Gasteiger partial charge on any atom is 0.222 e. The number of nitrogens with zero attached hydrogens (tertiary/aromatic N) is 2. The largest absolute Gasteiger partial charge is 0.357 e. The van der Waals surface area contributed by atoms with Gasteiger partial charge in [0, 0.05) is 38.2 Å². The van der Waals surface area contributed by atoms with Gasteiger partial charge in [-0.05, 0) is 30.5 Å². The number of halogens is 1. The average Bonchev–Trinajstić information content (AvgIpc) is 3.11. The van der Waals surface area contributed by atoms with Crippen molar-refractivity contribution in [3.63, 3.8) is 0 Å². The summed E-state index contributed by atoms with van der Waals surface area (Å²) < 4.78 is 13.8. The van der Waals surface area contributed by atoms with Crippen molar-refractivity contribution in [2.45, 2.75) is 39.4 Å². The summed E-state index contributed by atoms with van der Waals surface area (Å²) in [6, 6.07) is 14.8. The average molecular weight is 382 g/mol. The normalized spacial score (nSPS) is 14.4. The number of likely N-dealkylation sites (tertiary alicyclic amines) is 1. The van der Waals surface area contributed by atoms with E-state index in [1.54, 1.807) is 12.1 Å². The van der Waals surface area contributed by atoms with E-state index >= 15 is 0 Å². The molecule has 2 aromatic rings. The highest BCUT2D eigenvalue weighted by Gasteiger charge is 2.20. The Kier molecular flexibility index (Phi) is 7.00. The van der Waals surface area contributed by atoms with E-state index in [1.165, 1.54) is 6.07 Å². The van der Waals surface area contributed by atoms with Crippen molar-refractivity contribution in [3.05, 3.63) is 71.0 Å². The Morgan fingerprint density at radius 1 is 1.07 bits per heavy atom. The number of benzene rings is 2. The molecule has 6 heteroatoms. The smallest absolute Gasteiger partial charge is 0.222 e. The van der Waals surface area contributed by atoms with Crippen molar-refractivity contribution in [1.82, 2.24) is 15.5 Å². The fourth-order valence-corrected chi connectivity index (χ4v) is 3.27. The van der Waals surface area contributed by atoms with Gasteiger partial charge in [0.1, 0.15) is 5.82 Å². The lowest BCUT2D eigenvalue weighted by molar-refractivity contribution is -0.128. The van der Waals surface area contributed by atoms with Crippen molar-refractivity contribution in [1.29, 1.82) is 0 Å². The minimum atomic E-state index is -0.247. The first-order valence-corrected chi connectivity index (χ1v) is 9.77. The molecular weight excluding hydrogens is 355 g/mol. The van der Waals surface area contributed by atoms with Crippen molar-refractivity contribution >= 4 is 11.9 Å². The molecule has 5 nitrogen and oxygen atoms in total. The standard InChI is InChI=1S/C22H27FN4O/c1-2-24-22(26-15-18-9-5-6-11-20(18)23)25-14-17-8-3-4-10-19(17)16-27-13-7-12-21(27)28/h3-6,8-11H,2,7,12-16H2,1H3,(H2,24,25,26). The molecule has 1 fully saturated rings. The molecule has 0 spiro atoms. The van der Waals surface area contributed by atoms with Crippen LogP contribution in [-0.2, 0) is 24.4 Å². The van der Waals surface area contributed by atoms with Gasteiger partial charge < -0.3 is 15.5 Å². The predicted molar refractivity (Wildman–Crippen MR) is 109 cm³/mol. The summed E-state index contributed by atoms with van der Waals surface area (Å²) >= 11 is 0. The van der Waals surface area contributed by atoms with Crippen LogP contribution in [0, 0.1) is 5.82 Å². The summed E-state index contributed by atoms with van der Waals surface area (Å²) in [7, 11) is 0. The number of aliphatic imine (C=N–C) groups is 1. The molecule has 1 saturated heterocycles. The number of nitrogens with one attached hydrogen (secondary N) is 2. The third kappa shape index (κ3) is 5.31. The molecule has 0 saturated carbocycles. The topological polar surface area (TPSA) is 56.7 Å². The molecular formula is C22H27FN4O. The van der Waals surface area contributed by atoms with Crippen LogP contribution in [-0.4, -0.2) is 29.9 Å². The lowest BCUT2D eigenvalue weighted by atomic mass is 10.1. The number of hydrogen-bond donors (Lipinski definition) is 2. The quantitative estimate of drug-likeness (QED) is 0.571. The van der Waals surface area contributed by atoms with Gasteiger partial charge in [0.2, 0.25) is 5.91 Å². The van der Waals surface area contributed by atoms with Crippen molar-refractivity contribution in [2.24, 2.45) is 4.99 Å². The van der Waals surface area contributed by atoms with Crippen LogP contribution in [0.1, 0.15) is 36.5 Å². The van der Waals surface area contributed by atoms with Gasteiger partial charge in [0.05, 0.1) is 6.54 Å². The molecule has 3 rings (SSSR count). The van der Waals surface area contributed by atoms with Crippen LogP contribution in [0.3, 0.4) is 0 Å². The Bertz CT molecular complexity index is 837. The lowest BCUT2D eigenvalue weighted by Gasteiger charge is -2.19. The van der Waals surface area contributed by atoms with E-state index < -0.39 is 0 Å². The first-order valence-electron chi connectivity index (χ1n) is 9.77. The molecule has 2 N–H and O–H groups in total. The number of rotatable bonds is 7. The predicted octanol–water partition coefficient (Wildman–Crippen LogP) is 3.20. The van der Waals surface area contributed by atoms with E-state index in [0.29, 0.717) is 37.6 Å². The van der Waals surface area contributed by atoms with Crippen LogP contribution in [0.25, 0.3) is 0 Å². The molecule has 1 amide bonds. The van der Waals surface area contributed by atoms with E-state index in [4.69, 9.17) is 0 Å². The van der Waals surface area contributed by atoms with Crippen LogP contribution in [0.15, 0.2) is 53.5 Å². The minimum absolute atomic E-state index is 0.225. The van der Waals surface area contributed by atoms with Crippen LogP contribution < -0.4 is 10.6 Å². The second-order valence-electron chi connectivity index (χ2n) is 6.83. The number of carbonyl (C=O) groups is 1. The highest BCUT2D eigenvalue weighted by atomic mass is 19.1. The Morgan fingerprint density at radius 2 is 1.79 bits per heavy atom. The van der Waals surface area contributed by atoms with E-state index in [0.717, 1.165) is 24.1 Å². The molecule has 0 aliphatic carbocycles. The SMILES string of the molecule is CCNC(=NCc1ccccc1F)NCc1ccccc1CN1CCCC1=O. The highest BCUT2D eigenvalue weighted by molar-refractivity contribution is 5.80. The van der Waals surface area contributed by atoms with E-state index in [1.807, 2.05) is 30.0 Å². The molecule has 0 aromatic heterocycles. The van der Waals surface area contributed by atoms with Gasteiger partial charge in [-0.2, -0.15) is 0 Å². The number of hydrogen-bond acceptors (Lipinski definition) is 2. The minimum Gasteiger partial charge on any atom is -0.357 e. The zero-order chi connectivity index (χ0) is 19.8. The van der Waals surface area contributed by atoms with Gasteiger partial charge >= 0.3 is 0 Å². The molecule has 28 heavy (non-hydrogen) atoms. The fourth-order valence-electron chi connectivity index (χ4n) is 3.27. The number of amides is 1. The zero-order valence-electron chi connectivity index (χ0n) is 16.2. The summed E-state index contributed by atoms with van der Waals surface area (Å²) in [5, 5.41) is 6.51. The van der Waals surface area contributed by atoms with Crippen LogP contribution >= 0.6 is 0 Å². The second-order valence-corrected chi connectivity index (χ2v) is 6.83. The summed E-state index contributed by atoms with van der Waals surface area (Å²) in [5.41, 5.74) is 2.82. The first-order chi connectivity index (χ1) is 13.7. The third-order valence-corrected chi connectivity index (χ3v) is 4.81. The lowest BCUT2D eigenvalue weighted by Crippen LogP contribution is -2.37. The molecule has 0 bridgehead atoms. The third-order valence-electron chi connectivity index (χ3n) is 4.81. The van der Waals surface area contributed by atoms with Gasteiger partial charge in [-0.1, -0.05) is 42.5 Å². The van der Waals surface area contributed by atoms with Crippen molar-refractivity contribution in [3.8, 4) is 0 Å². The molecule has 2 aromatic carbocycles. The Morgan fingerprint density at radius 3 is 2.46 bits per heavy atom. The van der Waals surface area contributed by atoms with Crippen LogP contribution in [0.5, 0.6) is 0 Å². The maximum atomic E-state index is 13.8. The monoisotopic (exact) mass is 382 g/mol. The Hall–Kier alpha value is -2.89. The molecule has 0 radical (unpaired) electrons. The van der Waals surface area contributed by atoms with Crippen LogP contribution in [0.2, 0.25) is 0 Å². The summed E-state index contributed by atoms with van der Waals surface area (Å²) in [5.74, 6) is 0.614. The highest BCUT2D eigenvalue weighted by Crippen LogP contribution is 2.17.